The number of rotatable bonds is 5. The molecule has 0 saturated heterocycles. The largest absolute Gasteiger partial charge is 0.304 e. The summed E-state index contributed by atoms with van der Waals surface area (Å²) in [4.78, 5) is 15.4. The van der Waals surface area contributed by atoms with Crippen molar-refractivity contribution in [3.05, 3.63) is 70.8 Å². The van der Waals surface area contributed by atoms with Gasteiger partial charge in [-0.25, -0.2) is 0 Å². The maximum atomic E-state index is 12.9. The van der Waals surface area contributed by atoms with Gasteiger partial charge in [-0.15, -0.1) is 12.4 Å². The molecule has 0 aromatic heterocycles. The van der Waals surface area contributed by atoms with Gasteiger partial charge >= 0.3 is 0 Å². The third kappa shape index (κ3) is 3.71. The van der Waals surface area contributed by atoms with Gasteiger partial charge in [0.1, 0.15) is 0 Å². The SMILES string of the molecule is CCN(CC)CCC1Cc2ccccc2C(=O)c2ccccc21.Cl. The number of carbonyl (C=O) groups excluding carboxylic acids is 1. The summed E-state index contributed by atoms with van der Waals surface area (Å²) in [7, 11) is 0. The number of fused-ring (bicyclic) bond motifs is 2. The molecule has 3 heteroatoms. The Morgan fingerprint density at radius 1 is 0.958 bits per heavy atom. The van der Waals surface area contributed by atoms with Gasteiger partial charge in [0, 0.05) is 11.1 Å². The molecule has 0 amide bonds. The van der Waals surface area contributed by atoms with E-state index >= 15 is 0 Å². The fraction of sp³-hybridized carbons (Fsp3) is 0.381. The normalized spacial score (nSPS) is 16.1. The van der Waals surface area contributed by atoms with Crippen LogP contribution in [0.15, 0.2) is 48.5 Å². The van der Waals surface area contributed by atoms with E-state index in [0.29, 0.717) is 5.92 Å². The van der Waals surface area contributed by atoms with Crippen molar-refractivity contribution < 1.29 is 4.79 Å². The van der Waals surface area contributed by atoms with Crippen molar-refractivity contribution in [1.29, 1.82) is 0 Å². The van der Waals surface area contributed by atoms with Crippen molar-refractivity contribution in [3.8, 4) is 0 Å². The summed E-state index contributed by atoms with van der Waals surface area (Å²) in [6.45, 7) is 7.68. The molecule has 0 radical (unpaired) electrons. The quantitative estimate of drug-likeness (QED) is 0.783. The van der Waals surface area contributed by atoms with E-state index in [1.807, 2.05) is 30.3 Å². The van der Waals surface area contributed by atoms with Crippen LogP contribution in [0.25, 0.3) is 0 Å². The van der Waals surface area contributed by atoms with Crippen LogP contribution in [0.1, 0.15) is 53.2 Å². The third-order valence-corrected chi connectivity index (χ3v) is 5.06. The molecule has 0 heterocycles. The van der Waals surface area contributed by atoms with Crippen molar-refractivity contribution in [1.82, 2.24) is 4.90 Å². The Morgan fingerprint density at radius 3 is 2.29 bits per heavy atom. The molecule has 0 N–H and O–H groups in total. The summed E-state index contributed by atoms with van der Waals surface area (Å²) in [5.74, 6) is 0.598. The highest BCUT2D eigenvalue weighted by Crippen LogP contribution is 2.34. The van der Waals surface area contributed by atoms with Crippen LogP contribution < -0.4 is 0 Å². The fourth-order valence-corrected chi connectivity index (χ4v) is 3.64. The highest BCUT2D eigenvalue weighted by atomic mass is 35.5. The summed E-state index contributed by atoms with van der Waals surface area (Å²) in [5, 5.41) is 0. The maximum Gasteiger partial charge on any atom is 0.193 e. The number of nitrogens with zero attached hydrogens (tertiary/aromatic N) is 1. The Morgan fingerprint density at radius 2 is 1.58 bits per heavy atom. The molecular formula is C21H26ClNO. The number of hydrogen-bond donors (Lipinski definition) is 0. The van der Waals surface area contributed by atoms with Crippen LogP contribution in [0, 0.1) is 0 Å². The summed E-state index contributed by atoms with van der Waals surface area (Å²) >= 11 is 0. The van der Waals surface area contributed by atoms with Gasteiger partial charge in [0.15, 0.2) is 5.78 Å². The van der Waals surface area contributed by atoms with E-state index < -0.39 is 0 Å². The predicted molar refractivity (Wildman–Crippen MR) is 102 cm³/mol. The Bertz CT molecular complexity index is 694. The van der Waals surface area contributed by atoms with Crippen LogP contribution in [0.3, 0.4) is 0 Å². The van der Waals surface area contributed by atoms with E-state index in [0.717, 1.165) is 43.6 Å². The van der Waals surface area contributed by atoms with Gasteiger partial charge in [0.05, 0.1) is 0 Å². The first-order chi connectivity index (χ1) is 11.2. The lowest BCUT2D eigenvalue weighted by Gasteiger charge is -2.23. The number of ketones is 1. The summed E-state index contributed by atoms with van der Waals surface area (Å²) in [6.07, 6.45) is 2.06. The van der Waals surface area contributed by atoms with E-state index in [2.05, 4.69) is 36.9 Å². The van der Waals surface area contributed by atoms with Crippen molar-refractivity contribution in [2.45, 2.75) is 32.6 Å². The molecular weight excluding hydrogens is 318 g/mol. The lowest BCUT2D eigenvalue weighted by atomic mass is 9.88. The predicted octanol–water partition coefficient (Wildman–Crippen LogP) is 4.71. The van der Waals surface area contributed by atoms with Gasteiger partial charge in [0.2, 0.25) is 0 Å². The number of carbonyl (C=O) groups is 1. The average molecular weight is 344 g/mol. The summed E-state index contributed by atoms with van der Waals surface area (Å²) in [5.41, 5.74) is 4.19. The van der Waals surface area contributed by atoms with Gasteiger partial charge in [-0.2, -0.15) is 0 Å². The first kappa shape index (κ1) is 18.7. The minimum Gasteiger partial charge on any atom is -0.304 e. The zero-order valence-corrected chi connectivity index (χ0v) is 15.3. The molecule has 2 aromatic carbocycles. The van der Waals surface area contributed by atoms with Gasteiger partial charge < -0.3 is 4.90 Å². The lowest BCUT2D eigenvalue weighted by Crippen LogP contribution is -2.25. The molecule has 0 saturated carbocycles. The van der Waals surface area contributed by atoms with Gasteiger partial charge in [-0.1, -0.05) is 62.4 Å². The molecule has 0 aliphatic heterocycles. The molecule has 0 spiro atoms. The van der Waals surface area contributed by atoms with Crippen LogP contribution in [0.4, 0.5) is 0 Å². The number of hydrogen-bond acceptors (Lipinski definition) is 2. The van der Waals surface area contributed by atoms with E-state index in [1.54, 1.807) is 0 Å². The monoisotopic (exact) mass is 343 g/mol. The van der Waals surface area contributed by atoms with E-state index in [4.69, 9.17) is 0 Å². The molecule has 0 bridgehead atoms. The van der Waals surface area contributed by atoms with Crippen LogP contribution in [-0.4, -0.2) is 30.3 Å². The molecule has 128 valence electrons. The molecule has 1 atom stereocenters. The van der Waals surface area contributed by atoms with Crippen molar-refractivity contribution in [3.63, 3.8) is 0 Å². The highest BCUT2D eigenvalue weighted by molar-refractivity contribution is 6.11. The second-order valence-electron chi connectivity index (χ2n) is 6.29. The second kappa shape index (κ2) is 8.46. The maximum absolute atomic E-state index is 12.9. The minimum absolute atomic E-state index is 0. The number of halogens is 1. The van der Waals surface area contributed by atoms with Crippen LogP contribution in [0.2, 0.25) is 0 Å². The Labute approximate surface area is 151 Å². The summed E-state index contributed by atoms with van der Waals surface area (Å²) < 4.78 is 0. The third-order valence-electron chi connectivity index (χ3n) is 5.06. The van der Waals surface area contributed by atoms with Crippen LogP contribution in [0.5, 0.6) is 0 Å². The molecule has 1 unspecified atom stereocenters. The molecule has 2 nitrogen and oxygen atoms in total. The summed E-state index contributed by atoms with van der Waals surface area (Å²) in [6, 6.07) is 16.3. The topological polar surface area (TPSA) is 20.3 Å². The molecule has 3 rings (SSSR count). The highest BCUT2D eigenvalue weighted by Gasteiger charge is 2.26. The zero-order chi connectivity index (χ0) is 16.2. The molecule has 1 aliphatic carbocycles. The fourth-order valence-electron chi connectivity index (χ4n) is 3.64. The molecule has 0 fully saturated rings. The van der Waals surface area contributed by atoms with Crippen molar-refractivity contribution in [2.75, 3.05) is 19.6 Å². The van der Waals surface area contributed by atoms with Crippen molar-refractivity contribution >= 4 is 18.2 Å². The van der Waals surface area contributed by atoms with Crippen molar-refractivity contribution in [2.24, 2.45) is 0 Å². The van der Waals surface area contributed by atoms with E-state index in [-0.39, 0.29) is 18.2 Å². The molecule has 2 aromatic rings. The van der Waals surface area contributed by atoms with Crippen LogP contribution in [-0.2, 0) is 6.42 Å². The van der Waals surface area contributed by atoms with E-state index in [9.17, 15) is 4.79 Å². The molecule has 1 aliphatic rings. The first-order valence-electron chi connectivity index (χ1n) is 8.68. The first-order valence-corrected chi connectivity index (χ1v) is 8.68. The Hall–Kier alpha value is -1.64. The van der Waals surface area contributed by atoms with Gasteiger partial charge in [-0.05, 0) is 49.5 Å². The van der Waals surface area contributed by atoms with E-state index in [1.165, 1.54) is 11.1 Å². The smallest absolute Gasteiger partial charge is 0.193 e. The second-order valence-corrected chi connectivity index (χ2v) is 6.29. The van der Waals surface area contributed by atoms with Gasteiger partial charge in [0.25, 0.3) is 0 Å². The zero-order valence-electron chi connectivity index (χ0n) is 14.5. The van der Waals surface area contributed by atoms with Gasteiger partial charge in [-0.3, -0.25) is 4.79 Å². The Balaban J connectivity index is 0.00000208. The molecule has 24 heavy (non-hydrogen) atoms. The lowest BCUT2D eigenvalue weighted by molar-refractivity contribution is 0.103. The van der Waals surface area contributed by atoms with Crippen LogP contribution >= 0.6 is 12.4 Å². The number of benzene rings is 2. The minimum atomic E-state index is 0. The Kier molecular flexibility index (Phi) is 6.59. The average Bonchev–Trinajstić information content (AvgIpc) is 2.72. The standard InChI is InChI=1S/C21H25NO.ClH/c1-3-22(4-2)14-13-17-15-16-9-5-6-11-19(16)21(23)20-12-8-7-10-18(17)20;/h5-12,17H,3-4,13-15H2,1-2H3;1H.